The van der Waals surface area contributed by atoms with Crippen LogP contribution in [0, 0.1) is 13.8 Å². The molecule has 1 aromatic carbocycles. The van der Waals surface area contributed by atoms with Crippen LogP contribution in [0.15, 0.2) is 41.6 Å². The number of aromatic nitrogens is 4. The Morgan fingerprint density at radius 2 is 1.73 bits per heavy atom. The topological polar surface area (TPSA) is 137 Å². The first-order valence-corrected chi connectivity index (χ1v) is 11.7. The predicted octanol–water partition coefficient (Wildman–Crippen LogP) is 0.898. The van der Waals surface area contributed by atoms with Gasteiger partial charge in [0.05, 0.1) is 23.3 Å². The van der Waals surface area contributed by atoms with Gasteiger partial charge in [-0.3, -0.25) is 4.79 Å². The Kier molecular flexibility index (Phi) is 6.04. The number of rotatable bonds is 6. The van der Waals surface area contributed by atoms with Gasteiger partial charge in [-0.1, -0.05) is 0 Å². The number of sulfonamides is 1. The van der Waals surface area contributed by atoms with E-state index >= 15 is 0 Å². The van der Waals surface area contributed by atoms with Crippen molar-refractivity contribution in [3.8, 4) is 11.6 Å². The maximum atomic E-state index is 13.2. The number of anilines is 1. The second-order valence-corrected chi connectivity index (χ2v) is 9.63. The van der Waals surface area contributed by atoms with Crippen LogP contribution in [0.25, 0.3) is 5.82 Å². The minimum absolute atomic E-state index is 0.000556. The number of primary amides is 1. The van der Waals surface area contributed by atoms with Crippen molar-refractivity contribution in [2.45, 2.75) is 18.7 Å². The fourth-order valence-corrected chi connectivity index (χ4v) is 5.28. The van der Waals surface area contributed by atoms with E-state index in [-0.39, 0.29) is 29.3 Å². The second kappa shape index (κ2) is 8.79. The lowest BCUT2D eigenvalue weighted by molar-refractivity contribution is 0.0997. The van der Waals surface area contributed by atoms with Crippen molar-refractivity contribution < 1.29 is 17.9 Å². The van der Waals surface area contributed by atoms with Gasteiger partial charge in [-0.25, -0.2) is 23.1 Å². The van der Waals surface area contributed by atoms with Crippen LogP contribution >= 0.6 is 0 Å². The van der Waals surface area contributed by atoms with E-state index in [4.69, 9.17) is 10.5 Å². The van der Waals surface area contributed by atoms with Crippen molar-refractivity contribution in [1.29, 1.82) is 0 Å². The molecule has 1 amide bonds. The average molecular weight is 472 g/mol. The molecule has 1 aliphatic rings. The molecule has 1 aliphatic heterocycles. The second-order valence-electron chi connectivity index (χ2n) is 7.69. The number of carbonyl (C=O) groups is 1. The first-order chi connectivity index (χ1) is 15.7. The molecule has 0 saturated carbocycles. The molecule has 11 nitrogen and oxygen atoms in total. The SMILES string of the molecule is COc1ccc(S(=O)(=O)N2CCN(c3cc(-n4nc(C)cc4C)ncn3)CC2)cc1C(N)=O. The van der Waals surface area contributed by atoms with Crippen LogP contribution in [0.2, 0.25) is 0 Å². The van der Waals surface area contributed by atoms with Crippen LogP contribution in [-0.2, 0) is 10.0 Å². The highest BCUT2D eigenvalue weighted by atomic mass is 32.2. The number of methoxy groups -OCH3 is 1. The molecule has 0 aliphatic carbocycles. The predicted molar refractivity (Wildman–Crippen MR) is 121 cm³/mol. The zero-order chi connectivity index (χ0) is 23.8. The standard InChI is InChI=1S/C21H25N7O4S/c1-14-10-15(2)28(25-14)20-12-19(23-13-24-20)26-6-8-27(9-7-26)33(30,31)16-4-5-18(32-3)17(11-16)21(22)29/h4-5,10-13H,6-9H2,1-3H3,(H2,22,29). The van der Waals surface area contributed by atoms with Gasteiger partial charge in [0.25, 0.3) is 5.91 Å². The highest BCUT2D eigenvalue weighted by molar-refractivity contribution is 7.89. The van der Waals surface area contributed by atoms with Gasteiger partial charge in [0.1, 0.15) is 17.9 Å². The van der Waals surface area contributed by atoms with Gasteiger partial charge >= 0.3 is 0 Å². The number of carbonyl (C=O) groups excluding carboxylic acids is 1. The molecule has 0 radical (unpaired) electrons. The smallest absolute Gasteiger partial charge is 0.252 e. The summed E-state index contributed by atoms with van der Waals surface area (Å²) in [5.74, 6) is 0.826. The number of ether oxygens (including phenoxy) is 1. The number of amides is 1. The van der Waals surface area contributed by atoms with Crippen molar-refractivity contribution in [2.24, 2.45) is 5.73 Å². The normalized spacial score (nSPS) is 14.9. The summed E-state index contributed by atoms with van der Waals surface area (Å²) in [6.07, 6.45) is 1.48. The maximum absolute atomic E-state index is 13.2. The number of hydrogen-bond acceptors (Lipinski definition) is 8. The van der Waals surface area contributed by atoms with Crippen LogP contribution in [0.1, 0.15) is 21.7 Å². The molecule has 3 aromatic rings. The molecular weight excluding hydrogens is 446 g/mol. The lowest BCUT2D eigenvalue weighted by atomic mass is 10.2. The third-order valence-corrected chi connectivity index (χ3v) is 7.40. The van der Waals surface area contributed by atoms with Crippen LogP contribution in [0.4, 0.5) is 5.82 Å². The lowest BCUT2D eigenvalue weighted by Crippen LogP contribution is -2.49. The van der Waals surface area contributed by atoms with E-state index in [1.807, 2.05) is 30.9 Å². The Morgan fingerprint density at radius 3 is 2.33 bits per heavy atom. The lowest BCUT2D eigenvalue weighted by Gasteiger charge is -2.34. The average Bonchev–Trinajstić information content (AvgIpc) is 3.16. The number of hydrogen-bond donors (Lipinski definition) is 1. The van der Waals surface area contributed by atoms with E-state index < -0.39 is 15.9 Å². The summed E-state index contributed by atoms with van der Waals surface area (Å²) in [6.45, 7) is 5.30. The third-order valence-electron chi connectivity index (χ3n) is 5.50. The molecule has 1 saturated heterocycles. The van der Waals surface area contributed by atoms with Crippen molar-refractivity contribution in [3.63, 3.8) is 0 Å². The third kappa shape index (κ3) is 4.39. The summed E-state index contributed by atoms with van der Waals surface area (Å²) < 4.78 is 34.6. The highest BCUT2D eigenvalue weighted by Gasteiger charge is 2.30. The van der Waals surface area contributed by atoms with E-state index in [1.54, 1.807) is 4.68 Å². The fraction of sp³-hybridized carbons (Fsp3) is 0.333. The number of aryl methyl sites for hydroxylation is 2. The molecule has 2 N–H and O–H groups in total. The van der Waals surface area contributed by atoms with Crippen molar-refractivity contribution in [2.75, 3.05) is 38.2 Å². The Labute approximate surface area is 191 Å². The van der Waals surface area contributed by atoms with Gasteiger partial charge < -0.3 is 15.4 Å². The Morgan fingerprint density at radius 1 is 1.03 bits per heavy atom. The van der Waals surface area contributed by atoms with Gasteiger partial charge in [0.2, 0.25) is 10.0 Å². The summed E-state index contributed by atoms with van der Waals surface area (Å²) in [7, 11) is -2.41. The zero-order valence-corrected chi connectivity index (χ0v) is 19.4. The number of nitrogens with two attached hydrogens (primary N) is 1. The van der Waals surface area contributed by atoms with Crippen molar-refractivity contribution in [1.82, 2.24) is 24.1 Å². The molecule has 0 spiro atoms. The van der Waals surface area contributed by atoms with Crippen LogP contribution < -0.4 is 15.4 Å². The van der Waals surface area contributed by atoms with Crippen LogP contribution in [0.3, 0.4) is 0 Å². The molecule has 0 unspecified atom stereocenters. The summed E-state index contributed by atoms with van der Waals surface area (Å²) in [6, 6.07) is 7.91. The minimum Gasteiger partial charge on any atom is -0.496 e. The number of piperazine rings is 1. The van der Waals surface area contributed by atoms with Crippen molar-refractivity contribution in [3.05, 3.63) is 53.6 Å². The zero-order valence-electron chi connectivity index (χ0n) is 18.6. The fourth-order valence-electron chi connectivity index (χ4n) is 3.83. The van der Waals surface area contributed by atoms with Gasteiger partial charge in [0, 0.05) is 37.9 Å². The Balaban J connectivity index is 1.51. The summed E-state index contributed by atoms with van der Waals surface area (Å²) >= 11 is 0. The highest BCUT2D eigenvalue weighted by Crippen LogP contribution is 2.26. The van der Waals surface area contributed by atoms with E-state index in [1.165, 1.54) is 35.9 Å². The molecule has 174 valence electrons. The molecule has 2 aromatic heterocycles. The monoisotopic (exact) mass is 471 g/mol. The van der Waals surface area contributed by atoms with E-state index in [2.05, 4.69) is 15.1 Å². The molecule has 0 bridgehead atoms. The van der Waals surface area contributed by atoms with Gasteiger partial charge in [-0.05, 0) is 38.1 Å². The molecule has 33 heavy (non-hydrogen) atoms. The van der Waals surface area contributed by atoms with Gasteiger partial charge in [-0.2, -0.15) is 9.40 Å². The molecule has 3 heterocycles. The van der Waals surface area contributed by atoms with E-state index in [0.717, 1.165) is 11.4 Å². The van der Waals surface area contributed by atoms with Gasteiger partial charge in [0.15, 0.2) is 5.82 Å². The summed E-state index contributed by atoms with van der Waals surface area (Å²) in [4.78, 5) is 22.4. The molecule has 12 heteroatoms. The summed E-state index contributed by atoms with van der Waals surface area (Å²) in [5, 5.41) is 4.45. The Bertz CT molecular complexity index is 1300. The van der Waals surface area contributed by atoms with Crippen molar-refractivity contribution >= 4 is 21.7 Å². The molecule has 1 fully saturated rings. The molecule has 4 rings (SSSR count). The largest absolute Gasteiger partial charge is 0.496 e. The molecular formula is C21H25N7O4S. The number of benzene rings is 1. The molecule has 0 atom stereocenters. The Hall–Kier alpha value is -3.51. The van der Waals surface area contributed by atoms with E-state index in [9.17, 15) is 13.2 Å². The number of nitrogens with zero attached hydrogens (tertiary/aromatic N) is 6. The minimum atomic E-state index is -3.81. The first-order valence-electron chi connectivity index (χ1n) is 10.3. The van der Waals surface area contributed by atoms with Crippen LogP contribution in [-0.4, -0.2) is 71.7 Å². The van der Waals surface area contributed by atoms with Gasteiger partial charge in [-0.15, -0.1) is 0 Å². The first kappa shape index (κ1) is 22.7. The van der Waals surface area contributed by atoms with E-state index in [0.29, 0.717) is 24.7 Å². The summed E-state index contributed by atoms with van der Waals surface area (Å²) in [5.41, 5.74) is 7.25. The quantitative estimate of drug-likeness (QED) is 0.560. The maximum Gasteiger partial charge on any atom is 0.252 e. The van der Waals surface area contributed by atoms with Crippen LogP contribution in [0.5, 0.6) is 5.75 Å².